The fourth-order valence-corrected chi connectivity index (χ4v) is 2.74. The van der Waals surface area contributed by atoms with E-state index in [1.807, 2.05) is 0 Å². The standard InChI is InChI=1S/C16H17F4NO/c1-3-11-9-12(13(17)8-10(11)2)15(22)21-7-5-4-6-14(21)16(18,19)20/h3,8-9,14H,1,4-7H2,2H3. The fourth-order valence-electron chi connectivity index (χ4n) is 2.74. The Morgan fingerprint density at radius 1 is 1.36 bits per heavy atom. The Bertz CT molecular complexity index is 595. The van der Waals surface area contributed by atoms with Gasteiger partial charge in [-0.3, -0.25) is 4.79 Å². The molecule has 1 amide bonds. The second-order valence-corrected chi connectivity index (χ2v) is 5.44. The van der Waals surface area contributed by atoms with Crippen LogP contribution in [0.25, 0.3) is 6.08 Å². The molecule has 1 heterocycles. The number of nitrogens with zero attached hydrogens (tertiary/aromatic N) is 1. The number of piperidine rings is 1. The third-order valence-electron chi connectivity index (χ3n) is 3.95. The molecule has 0 radical (unpaired) electrons. The van der Waals surface area contributed by atoms with E-state index in [1.165, 1.54) is 12.1 Å². The van der Waals surface area contributed by atoms with Crippen LogP contribution in [0, 0.1) is 12.7 Å². The lowest BCUT2D eigenvalue weighted by molar-refractivity contribution is -0.183. The van der Waals surface area contributed by atoms with E-state index in [0.29, 0.717) is 24.0 Å². The van der Waals surface area contributed by atoms with Crippen LogP contribution in [0.5, 0.6) is 0 Å². The van der Waals surface area contributed by atoms with Gasteiger partial charge in [0.15, 0.2) is 0 Å². The van der Waals surface area contributed by atoms with Crippen molar-refractivity contribution >= 4 is 12.0 Å². The molecule has 6 heteroatoms. The van der Waals surface area contributed by atoms with Crippen molar-refractivity contribution in [2.24, 2.45) is 0 Å². The van der Waals surface area contributed by atoms with Crippen molar-refractivity contribution in [3.05, 3.63) is 41.2 Å². The van der Waals surface area contributed by atoms with Gasteiger partial charge in [-0.1, -0.05) is 12.7 Å². The van der Waals surface area contributed by atoms with E-state index in [0.717, 1.165) is 11.0 Å². The SMILES string of the molecule is C=Cc1cc(C(=O)N2CCCCC2C(F)(F)F)c(F)cc1C. The zero-order chi connectivity index (χ0) is 16.5. The van der Waals surface area contributed by atoms with Crippen molar-refractivity contribution in [2.45, 2.75) is 38.4 Å². The largest absolute Gasteiger partial charge is 0.408 e. The average Bonchev–Trinajstić information content (AvgIpc) is 2.46. The molecule has 1 atom stereocenters. The predicted molar refractivity (Wildman–Crippen MR) is 76.0 cm³/mol. The minimum atomic E-state index is -4.50. The number of carbonyl (C=O) groups is 1. The van der Waals surface area contributed by atoms with Gasteiger partial charge in [0.1, 0.15) is 11.9 Å². The van der Waals surface area contributed by atoms with Gasteiger partial charge >= 0.3 is 6.18 Å². The number of carbonyl (C=O) groups excluding carboxylic acids is 1. The Hall–Kier alpha value is -1.85. The van der Waals surface area contributed by atoms with E-state index >= 15 is 0 Å². The highest BCUT2D eigenvalue weighted by molar-refractivity contribution is 5.95. The summed E-state index contributed by atoms with van der Waals surface area (Å²) in [5.41, 5.74) is 0.775. The lowest BCUT2D eigenvalue weighted by Gasteiger charge is -2.36. The minimum Gasteiger partial charge on any atom is -0.326 e. The fraction of sp³-hybridized carbons (Fsp3) is 0.438. The molecule has 1 saturated heterocycles. The number of hydrogen-bond acceptors (Lipinski definition) is 1. The van der Waals surface area contributed by atoms with Crippen molar-refractivity contribution in [3.8, 4) is 0 Å². The third-order valence-corrected chi connectivity index (χ3v) is 3.95. The maximum atomic E-state index is 14.0. The van der Waals surface area contributed by atoms with Crippen molar-refractivity contribution in [1.82, 2.24) is 4.90 Å². The van der Waals surface area contributed by atoms with Crippen LogP contribution < -0.4 is 0 Å². The number of aryl methyl sites for hydroxylation is 1. The monoisotopic (exact) mass is 315 g/mol. The Kier molecular flexibility index (Phi) is 4.58. The quantitative estimate of drug-likeness (QED) is 0.744. The predicted octanol–water partition coefficient (Wildman–Crippen LogP) is 4.33. The van der Waals surface area contributed by atoms with Crippen LogP contribution in [0.15, 0.2) is 18.7 Å². The van der Waals surface area contributed by atoms with Gasteiger partial charge in [-0.25, -0.2) is 4.39 Å². The van der Waals surface area contributed by atoms with Crippen LogP contribution in [0.4, 0.5) is 17.6 Å². The average molecular weight is 315 g/mol. The summed E-state index contributed by atoms with van der Waals surface area (Å²) in [4.78, 5) is 13.1. The molecule has 1 unspecified atom stereocenters. The highest BCUT2D eigenvalue weighted by Gasteiger charge is 2.46. The van der Waals surface area contributed by atoms with E-state index in [-0.39, 0.29) is 18.5 Å². The molecule has 2 rings (SSSR count). The molecule has 0 spiro atoms. The molecule has 0 N–H and O–H groups in total. The second kappa shape index (κ2) is 6.10. The zero-order valence-electron chi connectivity index (χ0n) is 12.2. The minimum absolute atomic E-state index is 0.0141. The number of rotatable bonds is 2. The van der Waals surface area contributed by atoms with E-state index in [1.54, 1.807) is 6.92 Å². The Balaban J connectivity index is 2.39. The first-order valence-corrected chi connectivity index (χ1v) is 7.06. The molecule has 0 bridgehead atoms. The van der Waals surface area contributed by atoms with Crippen LogP contribution in [0.1, 0.15) is 40.7 Å². The van der Waals surface area contributed by atoms with Crippen LogP contribution in [0.2, 0.25) is 0 Å². The normalized spacial score (nSPS) is 19.1. The van der Waals surface area contributed by atoms with Crippen molar-refractivity contribution in [2.75, 3.05) is 6.54 Å². The molecule has 1 aliphatic heterocycles. The smallest absolute Gasteiger partial charge is 0.326 e. The summed E-state index contributed by atoms with van der Waals surface area (Å²) in [6.07, 6.45) is -2.30. The number of amides is 1. The van der Waals surface area contributed by atoms with Gasteiger partial charge in [0.2, 0.25) is 0 Å². The lowest BCUT2D eigenvalue weighted by Crippen LogP contribution is -2.51. The van der Waals surface area contributed by atoms with E-state index in [9.17, 15) is 22.4 Å². The summed E-state index contributed by atoms with van der Waals surface area (Å²) < 4.78 is 53.3. The number of hydrogen-bond donors (Lipinski definition) is 0. The summed E-state index contributed by atoms with van der Waals surface area (Å²) >= 11 is 0. The summed E-state index contributed by atoms with van der Waals surface area (Å²) in [5, 5.41) is 0. The molecule has 120 valence electrons. The first-order valence-electron chi connectivity index (χ1n) is 7.06. The Morgan fingerprint density at radius 3 is 2.64 bits per heavy atom. The molecule has 2 nitrogen and oxygen atoms in total. The van der Waals surface area contributed by atoms with Gasteiger partial charge in [-0.15, -0.1) is 0 Å². The molecule has 0 aromatic heterocycles. The summed E-state index contributed by atoms with van der Waals surface area (Å²) in [7, 11) is 0. The highest BCUT2D eigenvalue weighted by Crippen LogP contribution is 2.33. The molecule has 0 aliphatic carbocycles. The lowest BCUT2D eigenvalue weighted by atomic mass is 9.98. The summed E-state index contributed by atoms with van der Waals surface area (Å²) in [6, 6.07) is 0.570. The van der Waals surface area contributed by atoms with Crippen molar-refractivity contribution < 1.29 is 22.4 Å². The van der Waals surface area contributed by atoms with E-state index < -0.39 is 23.9 Å². The van der Waals surface area contributed by atoms with Gasteiger partial charge in [-0.05, 0) is 49.4 Å². The van der Waals surface area contributed by atoms with Gasteiger partial charge in [0.05, 0.1) is 5.56 Å². The van der Waals surface area contributed by atoms with Crippen LogP contribution in [-0.2, 0) is 0 Å². The maximum absolute atomic E-state index is 14.0. The number of likely N-dealkylation sites (tertiary alicyclic amines) is 1. The molecule has 0 saturated carbocycles. The number of halogens is 4. The second-order valence-electron chi connectivity index (χ2n) is 5.44. The van der Waals surface area contributed by atoms with E-state index in [2.05, 4.69) is 6.58 Å². The summed E-state index contributed by atoms with van der Waals surface area (Å²) in [5.74, 6) is -1.72. The van der Waals surface area contributed by atoms with E-state index in [4.69, 9.17) is 0 Å². The zero-order valence-corrected chi connectivity index (χ0v) is 12.2. The van der Waals surface area contributed by atoms with Crippen LogP contribution in [0.3, 0.4) is 0 Å². The first kappa shape index (κ1) is 16.5. The van der Waals surface area contributed by atoms with Crippen LogP contribution in [-0.4, -0.2) is 29.6 Å². The van der Waals surface area contributed by atoms with Crippen molar-refractivity contribution in [3.63, 3.8) is 0 Å². The molecular formula is C16H17F4NO. The number of benzene rings is 1. The van der Waals surface area contributed by atoms with Gasteiger partial charge in [0, 0.05) is 6.54 Å². The Labute approximate surface area is 126 Å². The molecule has 22 heavy (non-hydrogen) atoms. The molecule has 1 aromatic rings. The third kappa shape index (κ3) is 3.15. The molecular weight excluding hydrogens is 298 g/mol. The first-order chi connectivity index (χ1) is 10.3. The Morgan fingerprint density at radius 2 is 2.05 bits per heavy atom. The summed E-state index contributed by atoms with van der Waals surface area (Å²) in [6.45, 7) is 5.19. The van der Waals surface area contributed by atoms with Crippen molar-refractivity contribution in [1.29, 1.82) is 0 Å². The maximum Gasteiger partial charge on any atom is 0.408 e. The molecule has 1 fully saturated rings. The molecule has 1 aromatic carbocycles. The number of alkyl halides is 3. The van der Waals surface area contributed by atoms with Gasteiger partial charge in [0.25, 0.3) is 5.91 Å². The topological polar surface area (TPSA) is 20.3 Å². The highest BCUT2D eigenvalue weighted by atomic mass is 19.4. The molecule has 1 aliphatic rings. The van der Waals surface area contributed by atoms with Crippen LogP contribution >= 0.6 is 0 Å². The van der Waals surface area contributed by atoms with Gasteiger partial charge in [-0.2, -0.15) is 13.2 Å². The van der Waals surface area contributed by atoms with Gasteiger partial charge < -0.3 is 4.90 Å².